The maximum atomic E-state index is 11.5. The maximum Gasteiger partial charge on any atom is 0.344 e. The molecule has 0 spiro atoms. The Balaban J connectivity index is 2.40. The molecule has 1 aliphatic rings. The summed E-state index contributed by atoms with van der Waals surface area (Å²) >= 11 is 3.49. The lowest BCUT2D eigenvalue weighted by molar-refractivity contribution is 0.0715. The molecule has 0 aliphatic carbocycles. The number of cyclic esters (lactones) is 1. The second kappa shape index (κ2) is 4.19. The SMILES string of the molecule is CCC(Br)/C=C1\OC(=O)c2ccccc21. The Morgan fingerprint density at radius 2 is 2.07 bits per heavy atom. The zero-order valence-corrected chi connectivity index (χ0v) is 9.95. The molecule has 0 amide bonds. The van der Waals surface area contributed by atoms with Gasteiger partial charge in [0.2, 0.25) is 0 Å². The average Bonchev–Trinajstić information content (AvgIpc) is 2.57. The van der Waals surface area contributed by atoms with Crippen molar-refractivity contribution in [1.29, 1.82) is 0 Å². The number of hydrogen-bond acceptors (Lipinski definition) is 2. The van der Waals surface area contributed by atoms with E-state index in [0.29, 0.717) is 11.3 Å². The summed E-state index contributed by atoms with van der Waals surface area (Å²) in [6.07, 6.45) is 2.90. The van der Waals surface area contributed by atoms with Crippen LogP contribution < -0.4 is 0 Å². The first kappa shape index (κ1) is 10.4. The van der Waals surface area contributed by atoms with E-state index >= 15 is 0 Å². The highest BCUT2D eigenvalue weighted by molar-refractivity contribution is 9.09. The highest BCUT2D eigenvalue weighted by atomic mass is 79.9. The summed E-state index contributed by atoms with van der Waals surface area (Å²) in [5, 5.41) is 0. The van der Waals surface area contributed by atoms with Crippen LogP contribution in [0.15, 0.2) is 30.3 Å². The Labute approximate surface area is 97.1 Å². The van der Waals surface area contributed by atoms with E-state index in [1.807, 2.05) is 24.3 Å². The van der Waals surface area contributed by atoms with Crippen molar-refractivity contribution in [3.63, 3.8) is 0 Å². The van der Waals surface area contributed by atoms with E-state index in [1.165, 1.54) is 0 Å². The molecule has 1 unspecified atom stereocenters. The van der Waals surface area contributed by atoms with E-state index in [-0.39, 0.29) is 10.8 Å². The molecule has 1 aromatic rings. The van der Waals surface area contributed by atoms with Crippen LogP contribution in [0.3, 0.4) is 0 Å². The van der Waals surface area contributed by atoms with Crippen LogP contribution in [-0.4, -0.2) is 10.8 Å². The molecule has 15 heavy (non-hydrogen) atoms. The van der Waals surface area contributed by atoms with Crippen LogP contribution in [0.4, 0.5) is 0 Å². The standard InChI is InChI=1S/C12H11BrO2/c1-2-8(13)7-11-9-5-3-4-6-10(9)12(14)15-11/h3-8H,2H2,1H3/b11-7-. The van der Waals surface area contributed by atoms with Crippen LogP contribution in [0.2, 0.25) is 0 Å². The monoisotopic (exact) mass is 266 g/mol. The molecule has 2 nitrogen and oxygen atoms in total. The van der Waals surface area contributed by atoms with Gasteiger partial charge in [0, 0.05) is 10.4 Å². The number of ether oxygens (including phenoxy) is 1. The second-order valence-corrected chi connectivity index (χ2v) is 4.57. The number of benzene rings is 1. The molecular formula is C12H11BrO2. The largest absolute Gasteiger partial charge is 0.423 e. The molecular weight excluding hydrogens is 256 g/mol. The third kappa shape index (κ3) is 1.97. The van der Waals surface area contributed by atoms with Crippen molar-refractivity contribution in [3.8, 4) is 0 Å². The van der Waals surface area contributed by atoms with Gasteiger partial charge in [-0.25, -0.2) is 4.79 Å². The molecule has 3 heteroatoms. The summed E-state index contributed by atoms with van der Waals surface area (Å²) < 4.78 is 5.20. The number of hydrogen-bond donors (Lipinski definition) is 0. The van der Waals surface area contributed by atoms with Crippen LogP contribution in [0.25, 0.3) is 5.76 Å². The minimum absolute atomic E-state index is 0.242. The van der Waals surface area contributed by atoms with Gasteiger partial charge in [-0.2, -0.15) is 0 Å². The Morgan fingerprint density at radius 1 is 1.40 bits per heavy atom. The molecule has 1 atom stereocenters. The predicted octanol–water partition coefficient (Wildman–Crippen LogP) is 3.37. The van der Waals surface area contributed by atoms with Crippen molar-refractivity contribution in [2.24, 2.45) is 0 Å². The van der Waals surface area contributed by atoms with E-state index in [9.17, 15) is 4.79 Å². The Morgan fingerprint density at radius 3 is 2.73 bits per heavy atom. The highest BCUT2D eigenvalue weighted by Gasteiger charge is 2.25. The van der Waals surface area contributed by atoms with Gasteiger partial charge in [-0.15, -0.1) is 0 Å². The predicted molar refractivity (Wildman–Crippen MR) is 62.8 cm³/mol. The minimum atomic E-state index is -0.257. The number of alkyl halides is 1. The highest BCUT2D eigenvalue weighted by Crippen LogP contribution is 2.30. The Hall–Kier alpha value is -1.09. The first-order valence-corrected chi connectivity index (χ1v) is 5.81. The van der Waals surface area contributed by atoms with E-state index in [1.54, 1.807) is 6.07 Å². The summed E-state index contributed by atoms with van der Waals surface area (Å²) in [4.78, 5) is 11.7. The first-order chi connectivity index (χ1) is 7.22. The molecule has 0 N–H and O–H groups in total. The van der Waals surface area contributed by atoms with Gasteiger partial charge in [0.25, 0.3) is 0 Å². The number of esters is 1. The zero-order valence-electron chi connectivity index (χ0n) is 8.37. The van der Waals surface area contributed by atoms with Crippen molar-refractivity contribution >= 4 is 27.7 Å². The fraction of sp³-hybridized carbons (Fsp3) is 0.250. The summed E-state index contributed by atoms with van der Waals surface area (Å²) in [7, 11) is 0. The smallest absolute Gasteiger partial charge is 0.344 e. The van der Waals surface area contributed by atoms with Gasteiger partial charge in [-0.05, 0) is 18.6 Å². The van der Waals surface area contributed by atoms with Crippen molar-refractivity contribution in [1.82, 2.24) is 0 Å². The molecule has 1 heterocycles. The van der Waals surface area contributed by atoms with E-state index < -0.39 is 0 Å². The van der Waals surface area contributed by atoms with Crippen LogP contribution in [0.1, 0.15) is 29.3 Å². The van der Waals surface area contributed by atoms with Gasteiger partial charge >= 0.3 is 5.97 Å². The van der Waals surface area contributed by atoms with E-state index in [4.69, 9.17) is 4.74 Å². The fourth-order valence-corrected chi connectivity index (χ4v) is 1.73. The molecule has 78 valence electrons. The van der Waals surface area contributed by atoms with Crippen molar-refractivity contribution in [3.05, 3.63) is 41.5 Å². The van der Waals surface area contributed by atoms with Gasteiger partial charge in [0.15, 0.2) is 0 Å². The molecule has 1 aromatic carbocycles. The number of carbonyl (C=O) groups excluding carboxylic acids is 1. The second-order valence-electron chi connectivity index (χ2n) is 3.39. The molecule has 1 aliphatic heterocycles. The van der Waals surface area contributed by atoms with Gasteiger partial charge in [0.05, 0.1) is 5.56 Å². The first-order valence-electron chi connectivity index (χ1n) is 4.90. The zero-order chi connectivity index (χ0) is 10.8. The van der Waals surface area contributed by atoms with Crippen LogP contribution in [0.5, 0.6) is 0 Å². The number of carbonyl (C=O) groups is 1. The van der Waals surface area contributed by atoms with Gasteiger partial charge in [-0.1, -0.05) is 41.1 Å². The Bertz CT molecular complexity index is 423. The molecule has 2 rings (SSSR count). The van der Waals surface area contributed by atoms with E-state index in [0.717, 1.165) is 12.0 Å². The molecule has 0 saturated heterocycles. The molecule has 0 aromatic heterocycles. The molecule has 0 saturated carbocycles. The third-order valence-corrected chi connectivity index (χ3v) is 3.25. The van der Waals surface area contributed by atoms with Crippen molar-refractivity contribution in [2.45, 2.75) is 18.2 Å². The fourth-order valence-electron chi connectivity index (χ4n) is 1.49. The summed E-state index contributed by atoms with van der Waals surface area (Å²) in [6, 6.07) is 7.44. The van der Waals surface area contributed by atoms with Gasteiger partial charge in [0.1, 0.15) is 5.76 Å². The topological polar surface area (TPSA) is 26.3 Å². The maximum absolute atomic E-state index is 11.5. The number of halogens is 1. The van der Waals surface area contributed by atoms with Crippen LogP contribution in [0, 0.1) is 0 Å². The van der Waals surface area contributed by atoms with E-state index in [2.05, 4.69) is 22.9 Å². The lowest BCUT2D eigenvalue weighted by atomic mass is 10.1. The number of allylic oxidation sites excluding steroid dienone is 1. The molecule has 0 fully saturated rings. The lowest BCUT2D eigenvalue weighted by Gasteiger charge is -2.02. The van der Waals surface area contributed by atoms with Crippen molar-refractivity contribution < 1.29 is 9.53 Å². The normalized spacial score (nSPS) is 18.8. The summed E-state index contributed by atoms with van der Waals surface area (Å²) in [5.41, 5.74) is 1.54. The van der Waals surface area contributed by atoms with Gasteiger partial charge in [-0.3, -0.25) is 0 Å². The van der Waals surface area contributed by atoms with Crippen LogP contribution in [-0.2, 0) is 4.74 Å². The summed E-state index contributed by atoms with van der Waals surface area (Å²) in [5.74, 6) is 0.409. The number of fused-ring (bicyclic) bond motifs is 1. The quantitative estimate of drug-likeness (QED) is 0.606. The van der Waals surface area contributed by atoms with Gasteiger partial charge < -0.3 is 4.74 Å². The number of rotatable bonds is 2. The Kier molecular flexibility index (Phi) is 2.91. The van der Waals surface area contributed by atoms with Crippen molar-refractivity contribution in [2.75, 3.05) is 0 Å². The summed E-state index contributed by atoms with van der Waals surface area (Å²) in [6.45, 7) is 2.07. The molecule has 0 radical (unpaired) electrons. The minimum Gasteiger partial charge on any atom is -0.423 e. The average molecular weight is 267 g/mol. The molecule has 0 bridgehead atoms. The van der Waals surface area contributed by atoms with Crippen LogP contribution >= 0.6 is 15.9 Å². The lowest BCUT2D eigenvalue weighted by Crippen LogP contribution is -1.94. The third-order valence-electron chi connectivity index (χ3n) is 2.34.